The Morgan fingerprint density at radius 1 is 1.00 bits per heavy atom. The van der Waals surface area contributed by atoms with Crippen molar-refractivity contribution in [2.24, 2.45) is 0 Å². The standard InChI is InChI=1S/C21H23F3/c1-2-3-4-5-14-6-9-17(20(23)12-14)15-7-10-18-16(13-15)8-11-19(22)21(18)24/h6,8-9,11-12,15H,2-5,7,10,13H2,1H3. The van der Waals surface area contributed by atoms with E-state index in [0.717, 1.165) is 36.8 Å². The molecule has 0 bridgehead atoms. The fraction of sp³-hybridized carbons (Fsp3) is 0.429. The fourth-order valence-corrected chi connectivity index (χ4v) is 3.68. The van der Waals surface area contributed by atoms with Crippen molar-refractivity contribution in [3.05, 3.63) is 70.0 Å². The number of hydrogen-bond acceptors (Lipinski definition) is 0. The van der Waals surface area contributed by atoms with E-state index in [1.54, 1.807) is 12.1 Å². The van der Waals surface area contributed by atoms with Gasteiger partial charge in [0.2, 0.25) is 0 Å². The van der Waals surface area contributed by atoms with Gasteiger partial charge in [-0.2, -0.15) is 0 Å². The molecule has 0 saturated carbocycles. The average Bonchev–Trinajstić information content (AvgIpc) is 2.58. The largest absolute Gasteiger partial charge is 0.207 e. The van der Waals surface area contributed by atoms with E-state index >= 15 is 0 Å². The molecule has 0 saturated heterocycles. The summed E-state index contributed by atoms with van der Waals surface area (Å²) >= 11 is 0. The Kier molecular flexibility index (Phi) is 5.27. The van der Waals surface area contributed by atoms with Gasteiger partial charge in [-0.05, 0) is 72.4 Å². The van der Waals surface area contributed by atoms with Crippen LogP contribution >= 0.6 is 0 Å². The molecule has 24 heavy (non-hydrogen) atoms. The van der Waals surface area contributed by atoms with Crippen molar-refractivity contribution in [3.8, 4) is 0 Å². The second-order valence-corrected chi connectivity index (χ2v) is 6.75. The minimum Gasteiger partial charge on any atom is -0.207 e. The lowest BCUT2D eigenvalue weighted by Gasteiger charge is -2.26. The Hall–Kier alpha value is -1.77. The molecule has 0 aliphatic heterocycles. The SMILES string of the molecule is CCCCCc1ccc(C2CCc3c(ccc(F)c3F)C2)c(F)c1. The zero-order chi connectivity index (χ0) is 17.1. The van der Waals surface area contributed by atoms with Gasteiger partial charge >= 0.3 is 0 Å². The maximum atomic E-state index is 14.5. The first-order valence-corrected chi connectivity index (χ1v) is 8.84. The van der Waals surface area contributed by atoms with Crippen molar-refractivity contribution in [2.75, 3.05) is 0 Å². The van der Waals surface area contributed by atoms with E-state index < -0.39 is 11.6 Å². The highest BCUT2D eigenvalue weighted by Crippen LogP contribution is 2.35. The second kappa shape index (κ2) is 7.42. The Morgan fingerprint density at radius 2 is 1.83 bits per heavy atom. The van der Waals surface area contributed by atoms with Crippen LogP contribution in [0.2, 0.25) is 0 Å². The van der Waals surface area contributed by atoms with E-state index in [2.05, 4.69) is 6.92 Å². The van der Waals surface area contributed by atoms with Gasteiger partial charge < -0.3 is 0 Å². The molecule has 0 heterocycles. The summed E-state index contributed by atoms with van der Waals surface area (Å²) in [6, 6.07) is 8.34. The van der Waals surface area contributed by atoms with Gasteiger partial charge in [-0.3, -0.25) is 0 Å². The first kappa shape index (κ1) is 17.1. The third kappa shape index (κ3) is 3.50. The van der Waals surface area contributed by atoms with Gasteiger partial charge in [0.1, 0.15) is 5.82 Å². The zero-order valence-corrected chi connectivity index (χ0v) is 14.0. The van der Waals surface area contributed by atoms with Crippen LogP contribution in [-0.4, -0.2) is 0 Å². The van der Waals surface area contributed by atoms with Gasteiger partial charge in [0.15, 0.2) is 11.6 Å². The van der Waals surface area contributed by atoms with Crippen LogP contribution in [0.15, 0.2) is 30.3 Å². The van der Waals surface area contributed by atoms with E-state index in [1.165, 1.54) is 6.07 Å². The van der Waals surface area contributed by atoms with E-state index in [0.29, 0.717) is 30.4 Å². The quantitative estimate of drug-likeness (QED) is 0.580. The topological polar surface area (TPSA) is 0 Å². The molecule has 0 spiro atoms. The van der Waals surface area contributed by atoms with Crippen molar-refractivity contribution in [2.45, 2.75) is 57.8 Å². The van der Waals surface area contributed by atoms with Crippen LogP contribution in [0.4, 0.5) is 13.2 Å². The fourth-order valence-electron chi connectivity index (χ4n) is 3.68. The normalized spacial score (nSPS) is 16.9. The molecular weight excluding hydrogens is 309 g/mol. The molecule has 1 unspecified atom stereocenters. The van der Waals surface area contributed by atoms with Crippen LogP contribution in [0.25, 0.3) is 0 Å². The van der Waals surface area contributed by atoms with Crippen LogP contribution in [0.3, 0.4) is 0 Å². The van der Waals surface area contributed by atoms with Crippen molar-refractivity contribution in [3.63, 3.8) is 0 Å². The summed E-state index contributed by atoms with van der Waals surface area (Å²) in [4.78, 5) is 0. The van der Waals surface area contributed by atoms with Gasteiger partial charge in [-0.25, -0.2) is 13.2 Å². The van der Waals surface area contributed by atoms with Crippen molar-refractivity contribution >= 4 is 0 Å². The summed E-state index contributed by atoms with van der Waals surface area (Å²) in [5.74, 6) is -1.67. The second-order valence-electron chi connectivity index (χ2n) is 6.75. The maximum Gasteiger partial charge on any atom is 0.162 e. The molecule has 3 heteroatoms. The highest BCUT2D eigenvalue weighted by atomic mass is 19.2. The van der Waals surface area contributed by atoms with E-state index in [4.69, 9.17) is 0 Å². The van der Waals surface area contributed by atoms with Crippen LogP contribution in [0.1, 0.15) is 60.8 Å². The summed E-state index contributed by atoms with van der Waals surface area (Å²) in [6.45, 7) is 2.15. The monoisotopic (exact) mass is 332 g/mol. The predicted octanol–water partition coefficient (Wildman–Crippen LogP) is 6.11. The molecular formula is C21H23F3. The smallest absolute Gasteiger partial charge is 0.162 e. The Morgan fingerprint density at radius 3 is 2.58 bits per heavy atom. The highest BCUT2D eigenvalue weighted by Gasteiger charge is 2.25. The zero-order valence-electron chi connectivity index (χ0n) is 14.0. The Balaban J connectivity index is 1.77. The first-order valence-electron chi connectivity index (χ1n) is 8.84. The number of aryl methyl sites for hydroxylation is 1. The summed E-state index contributed by atoms with van der Waals surface area (Å²) in [5, 5.41) is 0. The molecule has 0 aromatic heterocycles. The highest BCUT2D eigenvalue weighted by molar-refractivity contribution is 5.36. The van der Waals surface area contributed by atoms with Crippen molar-refractivity contribution in [1.82, 2.24) is 0 Å². The number of rotatable bonds is 5. The number of halogens is 3. The molecule has 1 aliphatic carbocycles. The lowest BCUT2D eigenvalue weighted by atomic mass is 9.79. The molecule has 3 rings (SSSR count). The Bertz CT molecular complexity index is 721. The Labute approximate surface area is 141 Å². The van der Waals surface area contributed by atoms with E-state index in [9.17, 15) is 13.2 Å². The molecule has 1 atom stereocenters. The molecule has 2 aromatic carbocycles. The number of hydrogen-bond donors (Lipinski definition) is 0. The maximum absolute atomic E-state index is 14.5. The van der Waals surface area contributed by atoms with Crippen LogP contribution < -0.4 is 0 Å². The predicted molar refractivity (Wildman–Crippen MR) is 90.8 cm³/mol. The lowest BCUT2D eigenvalue weighted by Crippen LogP contribution is -2.16. The van der Waals surface area contributed by atoms with Gasteiger partial charge in [0, 0.05) is 0 Å². The lowest BCUT2D eigenvalue weighted by molar-refractivity contribution is 0.473. The molecule has 0 amide bonds. The number of benzene rings is 2. The number of unbranched alkanes of at least 4 members (excludes halogenated alkanes) is 2. The van der Waals surface area contributed by atoms with E-state index in [1.807, 2.05) is 12.1 Å². The van der Waals surface area contributed by atoms with Crippen LogP contribution in [-0.2, 0) is 19.3 Å². The van der Waals surface area contributed by atoms with Gasteiger partial charge in [0.25, 0.3) is 0 Å². The molecule has 0 radical (unpaired) electrons. The molecule has 0 nitrogen and oxygen atoms in total. The molecule has 0 N–H and O–H groups in total. The summed E-state index contributed by atoms with van der Waals surface area (Å²) in [5.41, 5.74) is 3.00. The minimum atomic E-state index is -0.796. The average molecular weight is 332 g/mol. The van der Waals surface area contributed by atoms with Crippen LogP contribution in [0.5, 0.6) is 0 Å². The molecule has 0 fully saturated rings. The third-order valence-corrected chi connectivity index (χ3v) is 5.08. The van der Waals surface area contributed by atoms with Gasteiger partial charge in [-0.15, -0.1) is 0 Å². The van der Waals surface area contributed by atoms with Crippen molar-refractivity contribution in [1.29, 1.82) is 0 Å². The first-order chi connectivity index (χ1) is 11.6. The molecule has 128 valence electrons. The van der Waals surface area contributed by atoms with Crippen LogP contribution in [0, 0.1) is 17.5 Å². The summed E-state index contributed by atoms with van der Waals surface area (Å²) in [6.07, 6.45) is 5.98. The van der Waals surface area contributed by atoms with E-state index in [-0.39, 0.29) is 11.7 Å². The summed E-state index contributed by atoms with van der Waals surface area (Å²) in [7, 11) is 0. The van der Waals surface area contributed by atoms with Gasteiger partial charge in [0.05, 0.1) is 0 Å². The summed E-state index contributed by atoms with van der Waals surface area (Å²) < 4.78 is 41.7. The minimum absolute atomic E-state index is 0.0343. The third-order valence-electron chi connectivity index (χ3n) is 5.08. The molecule has 1 aliphatic rings. The molecule has 2 aromatic rings. The number of fused-ring (bicyclic) bond motifs is 1. The van der Waals surface area contributed by atoms with Crippen molar-refractivity contribution < 1.29 is 13.2 Å². The van der Waals surface area contributed by atoms with Gasteiger partial charge in [-0.1, -0.05) is 38.0 Å².